The minimum absolute atomic E-state index is 0.0385. The number of carbonyl (C=O) groups excluding carboxylic acids is 2. The predicted molar refractivity (Wildman–Crippen MR) is 68.2 cm³/mol. The third-order valence-electron chi connectivity index (χ3n) is 1.79. The van der Waals surface area contributed by atoms with Crippen LogP contribution in [0.25, 0.3) is 0 Å². The third kappa shape index (κ3) is 3.55. The van der Waals surface area contributed by atoms with Gasteiger partial charge in [0.15, 0.2) is 0 Å². The first-order chi connectivity index (χ1) is 8.36. The van der Waals surface area contributed by atoms with Crippen molar-refractivity contribution in [2.75, 3.05) is 0 Å². The fraction of sp³-hybridized carbons (Fsp3) is 0.250. The molecule has 1 unspecified atom stereocenters. The molecule has 18 heavy (non-hydrogen) atoms. The average Bonchev–Trinajstić information content (AvgIpc) is 2.55. The smallest absolute Gasteiger partial charge is 0.405 e. The fourth-order valence-corrected chi connectivity index (χ4v) is 3.00. The SMILES string of the molecule is NC(=O)OC(CC(=O)N=O)c1sc(Cl)c(Cl)c1Cl. The lowest BCUT2D eigenvalue weighted by Crippen LogP contribution is -2.18. The van der Waals surface area contributed by atoms with Gasteiger partial charge in [-0.05, 0) is 0 Å². The number of thiophene rings is 1. The summed E-state index contributed by atoms with van der Waals surface area (Å²) in [5, 5.41) is 2.31. The number of hydrogen-bond acceptors (Lipinski definition) is 5. The van der Waals surface area contributed by atoms with E-state index in [1.54, 1.807) is 0 Å². The molecular formula is C8H5Cl3N2O4S. The molecule has 0 aliphatic heterocycles. The Morgan fingerprint density at radius 3 is 2.33 bits per heavy atom. The molecule has 0 aromatic carbocycles. The van der Waals surface area contributed by atoms with E-state index in [0.717, 1.165) is 11.3 Å². The summed E-state index contributed by atoms with van der Waals surface area (Å²) in [4.78, 5) is 32.0. The van der Waals surface area contributed by atoms with Gasteiger partial charge in [-0.2, -0.15) is 0 Å². The van der Waals surface area contributed by atoms with Gasteiger partial charge < -0.3 is 10.5 Å². The van der Waals surface area contributed by atoms with Crippen LogP contribution in [0.5, 0.6) is 0 Å². The number of ether oxygens (including phenoxy) is 1. The van der Waals surface area contributed by atoms with Crippen LogP contribution < -0.4 is 5.73 Å². The van der Waals surface area contributed by atoms with Gasteiger partial charge in [0.25, 0.3) is 5.91 Å². The minimum atomic E-state index is -1.14. The number of amides is 2. The molecule has 1 aromatic rings. The van der Waals surface area contributed by atoms with Gasteiger partial charge in [-0.1, -0.05) is 34.8 Å². The Morgan fingerprint density at radius 1 is 1.33 bits per heavy atom. The summed E-state index contributed by atoms with van der Waals surface area (Å²) in [6.45, 7) is 0. The summed E-state index contributed by atoms with van der Waals surface area (Å²) in [5.41, 5.74) is 4.86. The van der Waals surface area contributed by atoms with Gasteiger partial charge in [-0.3, -0.25) is 4.79 Å². The zero-order chi connectivity index (χ0) is 13.9. The molecule has 0 bridgehead atoms. The van der Waals surface area contributed by atoms with E-state index < -0.39 is 24.5 Å². The van der Waals surface area contributed by atoms with Crippen LogP contribution >= 0.6 is 46.1 Å². The molecular weight excluding hydrogens is 327 g/mol. The van der Waals surface area contributed by atoms with Crippen molar-refractivity contribution in [2.45, 2.75) is 12.5 Å². The molecule has 0 aliphatic rings. The van der Waals surface area contributed by atoms with Crippen molar-refractivity contribution in [1.82, 2.24) is 0 Å². The third-order valence-corrected chi connectivity index (χ3v) is 4.47. The zero-order valence-corrected chi connectivity index (χ0v) is 11.6. The number of halogens is 3. The van der Waals surface area contributed by atoms with Crippen molar-refractivity contribution in [3.8, 4) is 0 Å². The van der Waals surface area contributed by atoms with Crippen LogP contribution in [0.1, 0.15) is 17.4 Å². The molecule has 0 saturated carbocycles. The first-order valence-electron chi connectivity index (χ1n) is 4.32. The first-order valence-corrected chi connectivity index (χ1v) is 6.27. The maximum Gasteiger partial charge on any atom is 0.405 e. The molecule has 6 nitrogen and oxygen atoms in total. The molecule has 0 aliphatic carbocycles. The number of nitroso groups, excluding NO2 is 1. The molecule has 0 spiro atoms. The predicted octanol–water partition coefficient (Wildman–Crippen LogP) is 3.53. The van der Waals surface area contributed by atoms with Crippen molar-refractivity contribution in [3.63, 3.8) is 0 Å². The van der Waals surface area contributed by atoms with E-state index in [-0.39, 0.29) is 19.3 Å². The standard InChI is InChI=1S/C8H5Cl3N2O4S/c9-4-5(10)7(11)18-6(4)2(17-8(12)15)1-3(14)13-16/h2H,1H2,(H2,12,15). The van der Waals surface area contributed by atoms with E-state index in [2.05, 4.69) is 9.91 Å². The Bertz CT molecular complexity index is 505. The van der Waals surface area contributed by atoms with Gasteiger partial charge in [-0.25, -0.2) is 4.79 Å². The lowest BCUT2D eigenvalue weighted by Gasteiger charge is -2.13. The van der Waals surface area contributed by atoms with Crippen molar-refractivity contribution < 1.29 is 14.3 Å². The molecule has 2 amide bonds. The van der Waals surface area contributed by atoms with E-state index in [1.165, 1.54) is 0 Å². The van der Waals surface area contributed by atoms with Crippen LogP contribution in [-0.2, 0) is 9.53 Å². The number of rotatable bonds is 4. The second-order valence-electron chi connectivity index (χ2n) is 2.98. The summed E-state index contributed by atoms with van der Waals surface area (Å²) in [5.74, 6) is -1.02. The number of primary amides is 1. The van der Waals surface area contributed by atoms with Gasteiger partial charge >= 0.3 is 6.09 Å². The number of nitrogens with two attached hydrogens (primary N) is 1. The van der Waals surface area contributed by atoms with Crippen LogP contribution in [0, 0.1) is 4.91 Å². The zero-order valence-electron chi connectivity index (χ0n) is 8.48. The second kappa shape index (κ2) is 6.33. The molecule has 1 rings (SSSR count). The van der Waals surface area contributed by atoms with Gasteiger partial charge in [0.1, 0.15) is 10.4 Å². The van der Waals surface area contributed by atoms with E-state index in [0.29, 0.717) is 0 Å². The molecule has 0 radical (unpaired) electrons. The summed E-state index contributed by atoms with van der Waals surface area (Å²) in [6, 6.07) is 0. The summed E-state index contributed by atoms with van der Waals surface area (Å²) in [6.07, 6.45) is -2.76. The molecule has 0 saturated heterocycles. The van der Waals surface area contributed by atoms with Crippen LogP contribution in [0.2, 0.25) is 14.4 Å². The fourth-order valence-electron chi connectivity index (χ4n) is 1.11. The molecule has 2 N–H and O–H groups in total. The highest BCUT2D eigenvalue weighted by Gasteiger charge is 2.27. The largest absolute Gasteiger partial charge is 0.440 e. The lowest BCUT2D eigenvalue weighted by molar-refractivity contribution is -0.119. The van der Waals surface area contributed by atoms with E-state index in [9.17, 15) is 14.5 Å². The second-order valence-corrected chi connectivity index (χ2v) is 5.39. The number of carbonyl (C=O) groups is 2. The van der Waals surface area contributed by atoms with Crippen molar-refractivity contribution >= 4 is 58.1 Å². The Hall–Kier alpha value is -0.890. The average molecular weight is 332 g/mol. The van der Waals surface area contributed by atoms with Gasteiger partial charge in [0, 0.05) is 5.18 Å². The maximum absolute atomic E-state index is 11.0. The number of nitrogens with zero attached hydrogens (tertiary/aromatic N) is 1. The van der Waals surface area contributed by atoms with Gasteiger partial charge in [-0.15, -0.1) is 16.2 Å². The molecule has 1 heterocycles. The Balaban J connectivity index is 3.08. The van der Waals surface area contributed by atoms with Crippen LogP contribution in [-0.4, -0.2) is 12.0 Å². The Kier molecular flexibility index (Phi) is 5.33. The molecule has 1 aromatic heterocycles. The van der Waals surface area contributed by atoms with Crippen LogP contribution in [0.3, 0.4) is 0 Å². The molecule has 1 atom stereocenters. The van der Waals surface area contributed by atoms with Crippen molar-refractivity contribution in [3.05, 3.63) is 24.2 Å². The molecule has 0 fully saturated rings. The van der Waals surface area contributed by atoms with E-state index in [1.807, 2.05) is 0 Å². The monoisotopic (exact) mass is 330 g/mol. The van der Waals surface area contributed by atoms with Crippen molar-refractivity contribution in [1.29, 1.82) is 0 Å². The summed E-state index contributed by atoms with van der Waals surface area (Å²) < 4.78 is 4.85. The van der Waals surface area contributed by atoms with Crippen LogP contribution in [0.4, 0.5) is 4.79 Å². The quantitative estimate of drug-likeness (QED) is 0.853. The normalized spacial score (nSPS) is 11.9. The van der Waals surface area contributed by atoms with E-state index >= 15 is 0 Å². The van der Waals surface area contributed by atoms with E-state index in [4.69, 9.17) is 40.5 Å². The molecule has 10 heteroatoms. The Labute approximate surface area is 120 Å². The van der Waals surface area contributed by atoms with Gasteiger partial charge in [0.05, 0.1) is 21.3 Å². The van der Waals surface area contributed by atoms with Gasteiger partial charge in [0.2, 0.25) is 0 Å². The topological polar surface area (TPSA) is 98.8 Å². The maximum atomic E-state index is 11.0. The summed E-state index contributed by atoms with van der Waals surface area (Å²) >= 11 is 18.3. The first kappa shape index (κ1) is 15.2. The van der Waals surface area contributed by atoms with Crippen molar-refractivity contribution in [2.24, 2.45) is 10.9 Å². The highest BCUT2D eigenvalue weighted by molar-refractivity contribution is 7.17. The van der Waals surface area contributed by atoms with Crippen LogP contribution in [0.15, 0.2) is 5.18 Å². The highest BCUT2D eigenvalue weighted by Crippen LogP contribution is 2.45. The lowest BCUT2D eigenvalue weighted by atomic mass is 10.2. The minimum Gasteiger partial charge on any atom is -0.440 e. The molecule has 98 valence electrons. The Morgan fingerprint density at radius 2 is 1.94 bits per heavy atom. The number of hydrogen-bond donors (Lipinski definition) is 1. The summed E-state index contributed by atoms with van der Waals surface area (Å²) in [7, 11) is 0. The highest BCUT2D eigenvalue weighted by atomic mass is 35.5.